The van der Waals surface area contributed by atoms with E-state index in [0.29, 0.717) is 32.2 Å². The molecular weight excluding hydrogens is 332 g/mol. The van der Waals surface area contributed by atoms with Gasteiger partial charge >= 0.3 is 0 Å². The van der Waals surface area contributed by atoms with Gasteiger partial charge in [-0.05, 0) is 25.7 Å². The van der Waals surface area contributed by atoms with E-state index in [1.807, 2.05) is 0 Å². The van der Waals surface area contributed by atoms with Crippen LogP contribution in [0.2, 0.25) is 0 Å². The van der Waals surface area contributed by atoms with Crippen LogP contribution in [-0.4, -0.2) is 75.2 Å². The Kier molecular flexibility index (Phi) is 5.77. The monoisotopic (exact) mass is 358 g/mol. The molecule has 0 aromatic heterocycles. The van der Waals surface area contributed by atoms with E-state index in [1.165, 1.54) is 9.80 Å². The molecule has 4 atom stereocenters. The van der Waals surface area contributed by atoms with E-state index in [9.17, 15) is 19.5 Å². The van der Waals surface area contributed by atoms with Crippen molar-refractivity contribution in [1.82, 2.24) is 9.80 Å². The molecular formula is C15H26N4O4S. The molecule has 3 amide bonds. The fourth-order valence-corrected chi connectivity index (χ4v) is 3.94. The third-order valence-electron chi connectivity index (χ3n) is 5.10. The quantitative estimate of drug-likeness (QED) is 0.428. The largest absolute Gasteiger partial charge is 0.390 e. The minimum Gasteiger partial charge on any atom is -0.390 e. The summed E-state index contributed by atoms with van der Waals surface area (Å²) in [5.41, 5.74) is 10.2. The van der Waals surface area contributed by atoms with Crippen LogP contribution in [0.15, 0.2) is 0 Å². The van der Waals surface area contributed by atoms with Gasteiger partial charge in [0, 0.05) is 18.8 Å². The molecule has 24 heavy (non-hydrogen) atoms. The van der Waals surface area contributed by atoms with Crippen molar-refractivity contribution in [2.45, 2.75) is 56.3 Å². The Morgan fingerprint density at radius 2 is 2.04 bits per heavy atom. The third-order valence-corrected chi connectivity index (χ3v) is 5.50. The third kappa shape index (κ3) is 3.00. The van der Waals surface area contributed by atoms with Crippen LogP contribution in [0.1, 0.15) is 32.6 Å². The molecule has 2 aliphatic heterocycles. The van der Waals surface area contributed by atoms with Crippen molar-refractivity contribution in [3.63, 3.8) is 0 Å². The molecule has 0 aromatic rings. The van der Waals surface area contributed by atoms with Crippen molar-refractivity contribution in [1.29, 1.82) is 0 Å². The lowest BCUT2D eigenvalue weighted by Gasteiger charge is -2.36. The second-order valence-corrected chi connectivity index (χ2v) is 6.85. The van der Waals surface area contributed by atoms with Crippen molar-refractivity contribution < 1.29 is 19.5 Å². The van der Waals surface area contributed by atoms with Gasteiger partial charge < -0.3 is 26.4 Å². The highest BCUT2D eigenvalue weighted by molar-refractivity contribution is 7.80. The van der Waals surface area contributed by atoms with Crippen molar-refractivity contribution in [2.24, 2.45) is 11.5 Å². The number of hydrogen-bond donors (Lipinski definition) is 4. The van der Waals surface area contributed by atoms with Gasteiger partial charge in [0.15, 0.2) is 0 Å². The summed E-state index contributed by atoms with van der Waals surface area (Å²) in [7, 11) is 0. The first-order valence-corrected chi connectivity index (χ1v) is 8.89. The fourth-order valence-electron chi connectivity index (χ4n) is 3.78. The molecule has 5 N–H and O–H groups in total. The van der Waals surface area contributed by atoms with Gasteiger partial charge in [-0.25, -0.2) is 0 Å². The molecule has 2 saturated heterocycles. The normalized spacial score (nSPS) is 27.6. The molecule has 8 nitrogen and oxygen atoms in total. The van der Waals surface area contributed by atoms with Crippen LogP contribution in [-0.2, 0) is 14.4 Å². The number of nitrogens with two attached hydrogens (primary N) is 2. The molecule has 0 bridgehead atoms. The molecule has 2 aliphatic rings. The first-order valence-electron chi connectivity index (χ1n) is 8.26. The molecule has 136 valence electrons. The minimum atomic E-state index is -1.07. The number of hydrogen-bond acceptors (Lipinski definition) is 6. The van der Waals surface area contributed by atoms with Crippen LogP contribution in [0.3, 0.4) is 0 Å². The molecule has 0 aliphatic carbocycles. The standard InChI is InChI=1S/C15H26N4O4S/c1-2-10(20)11(12(17)21)18-7-5-15(14(18)23)4-3-6-19(15)13(22)9(16)8-24/h9-11,20,24H,2-8,16H2,1H3,(H2,17,21)/t9-,10+,11-,15?/m0/s1. The van der Waals surface area contributed by atoms with E-state index < -0.39 is 29.6 Å². The Balaban J connectivity index is 2.28. The Hall–Kier alpha value is -1.32. The highest BCUT2D eigenvalue weighted by Gasteiger charge is 2.57. The first kappa shape index (κ1) is 19.0. The van der Waals surface area contributed by atoms with E-state index in [1.54, 1.807) is 6.92 Å². The molecule has 2 fully saturated rings. The Morgan fingerprint density at radius 3 is 2.58 bits per heavy atom. The maximum Gasteiger partial charge on any atom is 0.249 e. The lowest BCUT2D eigenvalue weighted by atomic mass is 9.93. The molecule has 9 heteroatoms. The Bertz CT molecular complexity index is 532. The van der Waals surface area contributed by atoms with Crippen LogP contribution in [0.25, 0.3) is 0 Å². The highest BCUT2D eigenvalue weighted by atomic mass is 32.1. The van der Waals surface area contributed by atoms with Crippen molar-refractivity contribution >= 4 is 30.4 Å². The predicted molar refractivity (Wildman–Crippen MR) is 91.1 cm³/mol. The van der Waals surface area contributed by atoms with Crippen LogP contribution < -0.4 is 11.5 Å². The second kappa shape index (κ2) is 7.28. The van der Waals surface area contributed by atoms with E-state index in [2.05, 4.69) is 12.6 Å². The van der Waals surface area contributed by atoms with E-state index in [-0.39, 0.29) is 24.1 Å². The zero-order valence-corrected chi connectivity index (χ0v) is 14.7. The summed E-state index contributed by atoms with van der Waals surface area (Å²) in [4.78, 5) is 40.2. The summed E-state index contributed by atoms with van der Waals surface area (Å²) >= 11 is 4.06. The van der Waals surface area contributed by atoms with Gasteiger partial charge in [-0.3, -0.25) is 14.4 Å². The summed E-state index contributed by atoms with van der Waals surface area (Å²) in [6.07, 6.45) is 0.921. The molecule has 2 rings (SSSR count). The van der Waals surface area contributed by atoms with Gasteiger partial charge in [-0.1, -0.05) is 6.92 Å². The fraction of sp³-hybridized carbons (Fsp3) is 0.800. The number of likely N-dealkylation sites (tertiary alicyclic amines) is 2. The summed E-state index contributed by atoms with van der Waals surface area (Å²) in [5, 5.41) is 10.1. The highest BCUT2D eigenvalue weighted by Crippen LogP contribution is 2.40. The van der Waals surface area contributed by atoms with Gasteiger partial charge in [0.05, 0.1) is 12.1 Å². The number of thiol groups is 1. The molecule has 1 unspecified atom stereocenters. The van der Waals surface area contributed by atoms with E-state index >= 15 is 0 Å². The topological polar surface area (TPSA) is 130 Å². The Labute approximate surface area is 146 Å². The first-order chi connectivity index (χ1) is 11.3. The molecule has 0 saturated carbocycles. The Morgan fingerprint density at radius 1 is 1.38 bits per heavy atom. The van der Waals surface area contributed by atoms with Gasteiger partial charge in [-0.2, -0.15) is 12.6 Å². The number of aliphatic hydroxyl groups excluding tert-OH is 1. The van der Waals surface area contributed by atoms with Crippen LogP contribution in [0.5, 0.6) is 0 Å². The summed E-state index contributed by atoms with van der Waals surface area (Å²) < 4.78 is 0. The molecule has 2 heterocycles. The van der Waals surface area contributed by atoms with E-state index in [4.69, 9.17) is 11.5 Å². The van der Waals surface area contributed by atoms with E-state index in [0.717, 1.165) is 0 Å². The van der Waals surface area contributed by atoms with Gasteiger partial charge in [-0.15, -0.1) is 0 Å². The number of amides is 3. The van der Waals surface area contributed by atoms with Gasteiger partial charge in [0.1, 0.15) is 11.6 Å². The average Bonchev–Trinajstić information content (AvgIpc) is 3.12. The number of aliphatic hydroxyl groups is 1. The number of primary amides is 1. The maximum atomic E-state index is 13.1. The maximum absolute atomic E-state index is 13.1. The average molecular weight is 358 g/mol. The smallest absolute Gasteiger partial charge is 0.249 e. The molecule has 1 spiro atoms. The summed E-state index contributed by atoms with van der Waals surface area (Å²) in [6.45, 7) is 2.45. The van der Waals surface area contributed by atoms with Crippen molar-refractivity contribution in [3.05, 3.63) is 0 Å². The summed E-state index contributed by atoms with van der Waals surface area (Å²) in [6, 6.07) is -1.84. The number of nitrogens with zero attached hydrogens (tertiary/aromatic N) is 2. The SMILES string of the molecule is CC[C@@H](O)[C@@H](C(N)=O)N1CCC2(CCCN2C(=O)[C@@H](N)CS)C1=O. The molecule has 0 aromatic carbocycles. The van der Waals surface area contributed by atoms with Crippen LogP contribution in [0.4, 0.5) is 0 Å². The second-order valence-electron chi connectivity index (χ2n) is 6.49. The lowest BCUT2D eigenvalue weighted by molar-refractivity contribution is -0.151. The number of carbonyl (C=O) groups excluding carboxylic acids is 3. The van der Waals surface area contributed by atoms with Crippen LogP contribution in [0, 0.1) is 0 Å². The van der Waals surface area contributed by atoms with Crippen molar-refractivity contribution in [3.8, 4) is 0 Å². The summed E-state index contributed by atoms with van der Waals surface area (Å²) in [5.74, 6) is -1.17. The number of carbonyl (C=O) groups is 3. The zero-order chi connectivity index (χ0) is 18.1. The molecule has 0 radical (unpaired) electrons. The van der Waals surface area contributed by atoms with Crippen LogP contribution >= 0.6 is 12.6 Å². The van der Waals surface area contributed by atoms with Gasteiger partial charge in [0.25, 0.3) is 0 Å². The van der Waals surface area contributed by atoms with Crippen molar-refractivity contribution in [2.75, 3.05) is 18.8 Å². The zero-order valence-electron chi connectivity index (χ0n) is 13.9. The minimum absolute atomic E-state index is 0.196. The predicted octanol–water partition coefficient (Wildman–Crippen LogP) is -1.54. The lowest BCUT2D eigenvalue weighted by Crippen LogP contribution is -2.60. The van der Waals surface area contributed by atoms with Gasteiger partial charge in [0.2, 0.25) is 17.7 Å². The number of rotatable bonds is 6.